The van der Waals surface area contributed by atoms with Crippen LogP contribution >= 0.6 is 0 Å². The number of rotatable bonds is 3. The van der Waals surface area contributed by atoms with Gasteiger partial charge in [-0.05, 0) is 24.3 Å². The zero-order valence-electron chi connectivity index (χ0n) is 13.8. The molecule has 0 aliphatic heterocycles. The van der Waals surface area contributed by atoms with E-state index in [0.717, 1.165) is 33.8 Å². The first-order valence-corrected chi connectivity index (χ1v) is 8.13. The summed E-state index contributed by atoms with van der Waals surface area (Å²) in [6.45, 7) is 1.51. The number of nitrogens with zero attached hydrogens (tertiary/aromatic N) is 2. The zero-order valence-corrected chi connectivity index (χ0v) is 13.8. The fourth-order valence-electron chi connectivity index (χ4n) is 3.01. The van der Waals surface area contributed by atoms with Crippen LogP contribution in [-0.2, 0) is 4.79 Å². The van der Waals surface area contributed by atoms with Crippen LogP contribution in [0, 0.1) is 0 Å². The minimum Gasteiger partial charge on any atom is -0.326 e. The van der Waals surface area contributed by atoms with Crippen LogP contribution in [0.1, 0.15) is 6.92 Å². The quantitative estimate of drug-likeness (QED) is 0.596. The van der Waals surface area contributed by atoms with Crippen molar-refractivity contribution in [1.82, 2.24) is 9.38 Å². The molecule has 0 bridgehead atoms. The third-order valence-electron chi connectivity index (χ3n) is 4.07. The van der Waals surface area contributed by atoms with Crippen LogP contribution < -0.4 is 5.32 Å². The molecule has 2 heterocycles. The van der Waals surface area contributed by atoms with Gasteiger partial charge in [0.2, 0.25) is 5.91 Å². The molecule has 0 radical (unpaired) electrons. The molecule has 0 fully saturated rings. The van der Waals surface area contributed by atoms with Gasteiger partial charge in [0, 0.05) is 24.2 Å². The van der Waals surface area contributed by atoms with E-state index in [0.29, 0.717) is 0 Å². The van der Waals surface area contributed by atoms with E-state index in [9.17, 15) is 4.79 Å². The third-order valence-corrected chi connectivity index (χ3v) is 4.07. The minimum absolute atomic E-state index is 0.100. The molecular weight excluding hydrogens is 310 g/mol. The second kappa shape index (κ2) is 6.24. The fraction of sp³-hybridized carbons (Fsp3) is 0.0476. The van der Waals surface area contributed by atoms with Crippen molar-refractivity contribution in [2.45, 2.75) is 6.92 Å². The number of anilines is 1. The number of carbonyl (C=O) groups excluding carboxylic acids is 1. The van der Waals surface area contributed by atoms with Crippen LogP contribution in [0.3, 0.4) is 0 Å². The number of fused-ring (bicyclic) bond motifs is 1. The van der Waals surface area contributed by atoms with Gasteiger partial charge in [0.1, 0.15) is 5.82 Å². The van der Waals surface area contributed by atoms with Crippen molar-refractivity contribution < 1.29 is 4.79 Å². The number of nitrogens with one attached hydrogen (secondary N) is 1. The van der Waals surface area contributed by atoms with Gasteiger partial charge in [0.05, 0.1) is 16.9 Å². The van der Waals surface area contributed by atoms with Gasteiger partial charge in [0.15, 0.2) is 0 Å². The van der Waals surface area contributed by atoms with Crippen LogP contribution in [-0.4, -0.2) is 15.3 Å². The van der Waals surface area contributed by atoms with Crippen molar-refractivity contribution >= 4 is 17.1 Å². The Labute approximate surface area is 145 Å². The minimum atomic E-state index is -0.100. The molecular formula is C21H17N3O. The molecule has 1 N–H and O–H groups in total. The number of para-hydroxylation sites is 1. The summed E-state index contributed by atoms with van der Waals surface area (Å²) in [4.78, 5) is 16.5. The van der Waals surface area contributed by atoms with E-state index in [1.165, 1.54) is 6.92 Å². The normalized spacial score (nSPS) is 10.8. The summed E-state index contributed by atoms with van der Waals surface area (Å²) >= 11 is 0. The first-order valence-electron chi connectivity index (χ1n) is 8.13. The largest absolute Gasteiger partial charge is 0.326 e. The standard InChI is InChI=1S/C21H17N3O/c1-15(25)22-18-12-6-5-11-17(18)21-23-20(16-9-3-2-4-10-16)19-13-7-8-14-24(19)21/h2-14H,1H3,(H,22,25). The Morgan fingerprint density at radius 2 is 1.64 bits per heavy atom. The number of carbonyl (C=O) groups is 1. The van der Waals surface area contributed by atoms with Crippen LogP contribution in [0.15, 0.2) is 79.0 Å². The van der Waals surface area contributed by atoms with Crippen molar-refractivity contribution in [3.63, 3.8) is 0 Å². The SMILES string of the molecule is CC(=O)Nc1ccccc1-c1nc(-c2ccccc2)c2ccccn12. The lowest BCUT2D eigenvalue weighted by Gasteiger charge is -2.08. The summed E-state index contributed by atoms with van der Waals surface area (Å²) < 4.78 is 2.06. The van der Waals surface area contributed by atoms with E-state index >= 15 is 0 Å². The van der Waals surface area contributed by atoms with Gasteiger partial charge in [-0.2, -0.15) is 0 Å². The Morgan fingerprint density at radius 3 is 2.44 bits per heavy atom. The number of amides is 1. The number of hydrogen-bond acceptors (Lipinski definition) is 2. The average molecular weight is 327 g/mol. The second-order valence-electron chi connectivity index (χ2n) is 5.83. The predicted molar refractivity (Wildman–Crippen MR) is 100 cm³/mol. The molecule has 0 saturated carbocycles. The maximum atomic E-state index is 11.5. The average Bonchev–Trinajstić information content (AvgIpc) is 3.02. The Morgan fingerprint density at radius 1 is 0.920 bits per heavy atom. The molecule has 0 saturated heterocycles. The highest BCUT2D eigenvalue weighted by Gasteiger charge is 2.16. The van der Waals surface area contributed by atoms with Crippen LogP contribution in [0.25, 0.3) is 28.2 Å². The van der Waals surface area contributed by atoms with Gasteiger partial charge in [-0.25, -0.2) is 4.98 Å². The molecule has 4 rings (SSSR count). The molecule has 1 amide bonds. The smallest absolute Gasteiger partial charge is 0.221 e. The lowest BCUT2D eigenvalue weighted by molar-refractivity contribution is -0.114. The van der Waals surface area contributed by atoms with Gasteiger partial charge in [-0.15, -0.1) is 0 Å². The summed E-state index contributed by atoms with van der Waals surface area (Å²) in [5.74, 6) is 0.704. The molecule has 0 aliphatic rings. The molecule has 4 heteroatoms. The van der Waals surface area contributed by atoms with E-state index in [1.807, 2.05) is 60.8 Å². The summed E-state index contributed by atoms with van der Waals surface area (Å²) in [5.41, 5.74) is 4.66. The Bertz CT molecular complexity index is 1050. The summed E-state index contributed by atoms with van der Waals surface area (Å²) in [7, 11) is 0. The first kappa shape index (κ1) is 15.1. The Hall–Kier alpha value is -3.40. The van der Waals surface area contributed by atoms with Crippen molar-refractivity contribution in [3.8, 4) is 22.6 Å². The van der Waals surface area contributed by atoms with Gasteiger partial charge in [0.25, 0.3) is 0 Å². The van der Waals surface area contributed by atoms with Crippen molar-refractivity contribution in [2.24, 2.45) is 0 Å². The maximum Gasteiger partial charge on any atom is 0.221 e. The van der Waals surface area contributed by atoms with E-state index in [1.54, 1.807) is 0 Å². The van der Waals surface area contributed by atoms with E-state index in [2.05, 4.69) is 27.9 Å². The van der Waals surface area contributed by atoms with Gasteiger partial charge >= 0.3 is 0 Å². The Balaban J connectivity index is 1.97. The van der Waals surface area contributed by atoms with E-state index in [-0.39, 0.29) is 5.91 Å². The van der Waals surface area contributed by atoms with Gasteiger partial charge < -0.3 is 5.32 Å². The van der Waals surface area contributed by atoms with E-state index < -0.39 is 0 Å². The predicted octanol–water partition coefficient (Wildman–Crippen LogP) is 4.63. The topological polar surface area (TPSA) is 46.4 Å². The van der Waals surface area contributed by atoms with Crippen LogP contribution in [0.4, 0.5) is 5.69 Å². The Kier molecular flexibility index (Phi) is 3.78. The van der Waals surface area contributed by atoms with Crippen molar-refractivity contribution in [1.29, 1.82) is 0 Å². The summed E-state index contributed by atoms with van der Waals surface area (Å²) in [6.07, 6.45) is 1.99. The van der Waals surface area contributed by atoms with Crippen molar-refractivity contribution in [2.75, 3.05) is 5.32 Å². The monoisotopic (exact) mass is 327 g/mol. The highest BCUT2D eigenvalue weighted by atomic mass is 16.1. The number of benzene rings is 2. The van der Waals surface area contributed by atoms with Crippen molar-refractivity contribution in [3.05, 3.63) is 79.0 Å². The number of hydrogen-bond donors (Lipinski definition) is 1. The molecule has 122 valence electrons. The third kappa shape index (κ3) is 2.78. The maximum absolute atomic E-state index is 11.5. The van der Waals surface area contributed by atoms with Gasteiger partial charge in [-0.3, -0.25) is 9.20 Å². The molecule has 25 heavy (non-hydrogen) atoms. The summed E-state index contributed by atoms with van der Waals surface area (Å²) in [5, 5.41) is 2.89. The number of imidazole rings is 1. The molecule has 0 unspecified atom stereocenters. The molecule has 0 atom stereocenters. The fourth-order valence-corrected chi connectivity index (χ4v) is 3.01. The van der Waals surface area contributed by atoms with Crippen LogP contribution in [0.2, 0.25) is 0 Å². The summed E-state index contributed by atoms with van der Waals surface area (Å²) in [6, 6.07) is 23.9. The molecule has 4 nitrogen and oxygen atoms in total. The first-order chi connectivity index (χ1) is 12.2. The van der Waals surface area contributed by atoms with E-state index in [4.69, 9.17) is 4.98 Å². The molecule has 0 aliphatic carbocycles. The highest BCUT2D eigenvalue weighted by molar-refractivity contribution is 5.94. The number of aromatic nitrogens is 2. The highest BCUT2D eigenvalue weighted by Crippen LogP contribution is 2.32. The lowest BCUT2D eigenvalue weighted by Crippen LogP contribution is -2.07. The number of pyridine rings is 1. The molecule has 2 aromatic carbocycles. The zero-order chi connectivity index (χ0) is 17.2. The lowest BCUT2D eigenvalue weighted by atomic mass is 10.1. The molecule has 2 aromatic heterocycles. The van der Waals surface area contributed by atoms with Crippen LogP contribution in [0.5, 0.6) is 0 Å². The van der Waals surface area contributed by atoms with Gasteiger partial charge in [-0.1, -0.05) is 48.5 Å². The second-order valence-corrected chi connectivity index (χ2v) is 5.83. The molecule has 0 spiro atoms. The molecule has 4 aromatic rings.